The standard InChI is InChI=1S/C33H34O3S2/c1-3-33(18-27(34)19-33)26-6-8-28(9-7-26)36-20-23-4-11-32-30(17-23)31(21-37-32)29-10-5-25(16-22(29)2)24-12-14-38(35)15-13-24/h4-11,16-17,21,24H,3,12-15,18-20H2,1-2H3. The number of fused-ring (bicyclic) bond motifs is 1. The van der Waals surface area contributed by atoms with Crippen molar-refractivity contribution in [3.8, 4) is 16.9 Å². The Morgan fingerprint density at radius 1 is 1.00 bits per heavy atom. The number of carbonyl (C=O) groups is 1. The van der Waals surface area contributed by atoms with E-state index in [0.29, 0.717) is 31.1 Å². The van der Waals surface area contributed by atoms with Crippen molar-refractivity contribution in [3.63, 3.8) is 0 Å². The third-order valence-electron chi connectivity index (χ3n) is 8.66. The summed E-state index contributed by atoms with van der Waals surface area (Å²) in [5.74, 6) is 3.41. The van der Waals surface area contributed by atoms with Crippen LogP contribution in [0.2, 0.25) is 0 Å². The van der Waals surface area contributed by atoms with Crippen LogP contribution >= 0.6 is 11.3 Å². The van der Waals surface area contributed by atoms with E-state index in [1.165, 1.54) is 37.9 Å². The molecule has 0 spiro atoms. The predicted molar refractivity (Wildman–Crippen MR) is 159 cm³/mol. The van der Waals surface area contributed by atoms with Gasteiger partial charge in [-0.1, -0.05) is 54.5 Å². The maximum absolute atomic E-state index is 11.8. The molecule has 5 heteroatoms. The van der Waals surface area contributed by atoms with Crippen molar-refractivity contribution >= 4 is 38.4 Å². The molecule has 3 nitrogen and oxygen atoms in total. The Labute approximate surface area is 232 Å². The Morgan fingerprint density at radius 2 is 1.76 bits per heavy atom. The Kier molecular flexibility index (Phi) is 7.10. The van der Waals surface area contributed by atoms with Crippen LogP contribution in [0, 0.1) is 6.92 Å². The van der Waals surface area contributed by atoms with Crippen LogP contribution in [0.15, 0.2) is 66.0 Å². The van der Waals surface area contributed by atoms with E-state index in [1.54, 1.807) is 11.3 Å². The second kappa shape index (κ2) is 10.5. The van der Waals surface area contributed by atoms with Gasteiger partial charge in [-0.05, 0) is 89.6 Å². The molecule has 0 amide bonds. The zero-order chi connectivity index (χ0) is 26.3. The predicted octanol–water partition coefficient (Wildman–Crippen LogP) is 8.09. The van der Waals surface area contributed by atoms with E-state index in [1.807, 2.05) is 12.1 Å². The van der Waals surface area contributed by atoms with Crippen molar-refractivity contribution in [1.82, 2.24) is 0 Å². The van der Waals surface area contributed by atoms with Crippen LogP contribution in [0.4, 0.5) is 0 Å². The first-order valence-corrected chi connectivity index (χ1v) is 16.0. The van der Waals surface area contributed by atoms with E-state index in [-0.39, 0.29) is 5.41 Å². The first kappa shape index (κ1) is 25.7. The molecule has 38 heavy (non-hydrogen) atoms. The van der Waals surface area contributed by atoms with E-state index in [9.17, 15) is 9.35 Å². The molecule has 3 aromatic carbocycles. The maximum Gasteiger partial charge on any atom is 0.134 e. The van der Waals surface area contributed by atoms with Gasteiger partial charge in [-0.3, -0.25) is 4.79 Å². The Balaban J connectivity index is 1.18. The number of ether oxygens (including phenoxy) is 1. The molecule has 0 radical (unpaired) electrons. The molecule has 1 aromatic heterocycles. The summed E-state index contributed by atoms with van der Waals surface area (Å²) in [5, 5.41) is 3.55. The number of thiophene rings is 1. The number of rotatable bonds is 7. The molecular formula is C33H34O3S2. The van der Waals surface area contributed by atoms with E-state index in [2.05, 4.69) is 67.8 Å². The number of aryl methyl sites for hydroxylation is 1. The quantitative estimate of drug-likeness (QED) is 0.222. The molecule has 2 fully saturated rings. The average Bonchev–Trinajstić information content (AvgIpc) is 3.34. The minimum atomic E-state index is -0.626. The smallest absolute Gasteiger partial charge is 0.134 e. The van der Waals surface area contributed by atoms with Gasteiger partial charge >= 0.3 is 0 Å². The molecule has 6 rings (SSSR count). The molecular weight excluding hydrogens is 508 g/mol. The Hall–Kier alpha value is -2.60. The van der Waals surface area contributed by atoms with Gasteiger partial charge in [0.25, 0.3) is 0 Å². The first-order chi connectivity index (χ1) is 18.4. The van der Waals surface area contributed by atoms with Gasteiger partial charge in [0.1, 0.15) is 29.6 Å². The zero-order valence-corrected chi connectivity index (χ0v) is 23.8. The average molecular weight is 543 g/mol. The van der Waals surface area contributed by atoms with Gasteiger partial charge in [0.15, 0.2) is 0 Å². The lowest BCUT2D eigenvalue weighted by atomic mass is 9.62. The lowest BCUT2D eigenvalue weighted by molar-refractivity contribution is -0.128. The summed E-state index contributed by atoms with van der Waals surface area (Å²) >= 11 is 1.16. The first-order valence-electron chi connectivity index (χ1n) is 13.7. The second-order valence-electron chi connectivity index (χ2n) is 11.0. The highest BCUT2D eigenvalue weighted by Gasteiger charge is 2.43. The fourth-order valence-electron chi connectivity index (χ4n) is 6.18. The highest BCUT2D eigenvalue weighted by atomic mass is 32.2. The molecule has 196 valence electrons. The van der Waals surface area contributed by atoms with Crippen molar-refractivity contribution in [2.24, 2.45) is 0 Å². The van der Waals surface area contributed by atoms with Crippen molar-refractivity contribution in [2.75, 3.05) is 11.5 Å². The van der Waals surface area contributed by atoms with E-state index in [4.69, 9.17) is 4.74 Å². The minimum Gasteiger partial charge on any atom is -0.616 e. The molecule has 2 heterocycles. The Bertz CT molecular complexity index is 1450. The summed E-state index contributed by atoms with van der Waals surface area (Å²) in [5.41, 5.74) is 7.68. The van der Waals surface area contributed by atoms with Crippen LogP contribution in [0.5, 0.6) is 5.75 Å². The summed E-state index contributed by atoms with van der Waals surface area (Å²) in [6.45, 7) is 4.90. The number of Topliss-reactive ketones (excluding diaryl/α,β-unsaturated/α-hetero) is 1. The maximum atomic E-state index is 11.8. The van der Waals surface area contributed by atoms with Crippen molar-refractivity contribution < 1.29 is 14.1 Å². The molecule has 0 bridgehead atoms. The van der Waals surface area contributed by atoms with Crippen LogP contribution in [0.25, 0.3) is 21.2 Å². The van der Waals surface area contributed by atoms with Crippen LogP contribution in [-0.4, -0.2) is 21.8 Å². The fraction of sp³-hybridized carbons (Fsp3) is 0.364. The van der Waals surface area contributed by atoms with E-state index in [0.717, 1.165) is 42.1 Å². The van der Waals surface area contributed by atoms with Gasteiger partial charge in [0.05, 0.1) is 0 Å². The van der Waals surface area contributed by atoms with Crippen molar-refractivity contribution in [2.45, 2.75) is 63.9 Å². The normalized spacial score (nSPS) is 20.9. The molecule has 1 saturated carbocycles. The molecule has 0 unspecified atom stereocenters. The SMILES string of the molecule is CCC1(c2ccc(OCc3ccc4scc(-c5ccc(C6CC[S+]([O-])CC6)cc5C)c4c3)cc2)CC(=O)C1. The fourth-order valence-corrected chi connectivity index (χ4v) is 8.42. The van der Waals surface area contributed by atoms with Gasteiger partial charge in [0.2, 0.25) is 0 Å². The highest BCUT2D eigenvalue weighted by Crippen LogP contribution is 2.44. The number of hydrogen-bond donors (Lipinski definition) is 0. The lowest BCUT2D eigenvalue weighted by Gasteiger charge is -2.40. The van der Waals surface area contributed by atoms with Crippen molar-refractivity contribution in [1.29, 1.82) is 0 Å². The van der Waals surface area contributed by atoms with E-state index >= 15 is 0 Å². The monoisotopic (exact) mass is 542 g/mol. The van der Waals surface area contributed by atoms with E-state index < -0.39 is 11.2 Å². The third-order valence-corrected chi connectivity index (χ3v) is 11.0. The molecule has 0 N–H and O–H groups in total. The largest absolute Gasteiger partial charge is 0.616 e. The molecule has 4 aromatic rings. The van der Waals surface area contributed by atoms with Gasteiger partial charge in [-0.15, -0.1) is 11.3 Å². The third kappa shape index (κ3) is 4.92. The van der Waals surface area contributed by atoms with Gasteiger partial charge in [-0.2, -0.15) is 0 Å². The number of hydrogen-bond acceptors (Lipinski definition) is 4. The number of benzene rings is 3. The second-order valence-corrected chi connectivity index (χ2v) is 13.6. The zero-order valence-electron chi connectivity index (χ0n) is 22.1. The topological polar surface area (TPSA) is 49.4 Å². The molecule has 0 atom stereocenters. The summed E-state index contributed by atoms with van der Waals surface area (Å²) in [6.07, 6.45) is 4.37. The van der Waals surface area contributed by atoms with Crippen LogP contribution in [0.3, 0.4) is 0 Å². The summed E-state index contributed by atoms with van der Waals surface area (Å²) < 4.78 is 19.2. The Morgan fingerprint density at radius 3 is 2.45 bits per heavy atom. The van der Waals surface area contributed by atoms with Gasteiger partial charge in [0, 0.05) is 33.9 Å². The highest BCUT2D eigenvalue weighted by molar-refractivity contribution is 7.91. The minimum absolute atomic E-state index is 0.0308. The molecule has 2 aliphatic rings. The van der Waals surface area contributed by atoms with Gasteiger partial charge < -0.3 is 9.29 Å². The summed E-state index contributed by atoms with van der Waals surface area (Å²) in [7, 11) is 0. The molecule has 1 saturated heterocycles. The van der Waals surface area contributed by atoms with Crippen LogP contribution in [-0.2, 0) is 28.0 Å². The van der Waals surface area contributed by atoms with Gasteiger partial charge in [-0.25, -0.2) is 0 Å². The van der Waals surface area contributed by atoms with Crippen LogP contribution < -0.4 is 4.74 Å². The molecule has 1 aliphatic heterocycles. The van der Waals surface area contributed by atoms with Crippen molar-refractivity contribution in [3.05, 3.63) is 88.3 Å². The summed E-state index contributed by atoms with van der Waals surface area (Å²) in [4.78, 5) is 11.6. The molecule has 1 aliphatic carbocycles. The summed E-state index contributed by atoms with van der Waals surface area (Å²) in [6, 6.07) is 21.9. The number of ketones is 1. The number of carbonyl (C=O) groups excluding carboxylic acids is 1. The lowest BCUT2D eigenvalue weighted by Crippen LogP contribution is -2.40. The van der Waals surface area contributed by atoms with Crippen LogP contribution in [0.1, 0.15) is 67.2 Å².